The smallest absolute Gasteiger partial charge is 0.235 e. The molecule has 0 fully saturated rings. The third kappa shape index (κ3) is 3.43. The summed E-state index contributed by atoms with van der Waals surface area (Å²) in [6, 6.07) is 13.7. The average molecular weight is 366 g/mol. The first-order valence-electron chi connectivity index (χ1n) is 8.29. The van der Waals surface area contributed by atoms with Crippen molar-refractivity contribution in [3.8, 4) is 5.75 Å². The van der Waals surface area contributed by atoms with Crippen molar-refractivity contribution in [1.82, 2.24) is 15.2 Å². The highest BCUT2D eigenvalue weighted by Gasteiger charge is 2.28. The molecule has 4 rings (SSSR count). The minimum absolute atomic E-state index is 0.0149. The Morgan fingerprint density at radius 2 is 2.19 bits per heavy atom. The van der Waals surface area contributed by atoms with E-state index in [0.717, 1.165) is 28.3 Å². The lowest BCUT2D eigenvalue weighted by molar-refractivity contribution is -0.113. The number of benzene rings is 1. The van der Waals surface area contributed by atoms with E-state index in [-0.39, 0.29) is 11.2 Å². The normalized spacial score (nSPS) is 16.5. The molecule has 0 bridgehead atoms. The quantitative estimate of drug-likeness (QED) is 0.739. The number of anilines is 1. The van der Waals surface area contributed by atoms with Crippen molar-refractivity contribution in [2.24, 2.45) is 0 Å². The third-order valence-corrected chi connectivity index (χ3v) is 5.44. The molecule has 1 aliphatic heterocycles. The average Bonchev–Trinajstić information content (AvgIpc) is 2.92. The van der Waals surface area contributed by atoms with Gasteiger partial charge >= 0.3 is 0 Å². The highest BCUT2D eigenvalue weighted by molar-refractivity contribution is 8.00. The maximum Gasteiger partial charge on any atom is 0.235 e. The minimum Gasteiger partial charge on any atom is -0.487 e. The molecule has 26 heavy (non-hydrogen) atoms. The molecule has 3 heterocycles. The number of H-pyrrole nitrogens is 1. The van der Waals surface area contributed by atoms with Crippen LogP contribution in [-0.4, -0.2) is 26.8 Å². The van der Waals surface area contributed by atoms with E-state index in [1.807, 2.05) is 43.3 Å². The Morgan fingerprint density at radius 1 is 1.27 bits per heavy atom. The van der Waals surface area contributed by atoms with Gasteiger partial charge in [-0.05, 0) is 36.8 Å². The van der Waals surface area contributed by atoms with E-state index in [2.05, 4.69) is 26.6 Å². The Labute approximate surface area is 155 Å². The van der Waals surface area contributed by atoms with Crippen LogP contribution in [0.4, 0.5) is 5.82 Å². The van der Waals surface area contributed by atoms with Crippen molar-refractivity contribution >= 4 is 23.5 Å². The number of aryl methyl sites for hydroxylation is 1. The monoisotopic (exact) mass is 366 g/mol. The molecule has 1 aromatic carbocycles. The SMILES string of the molecule is Cc1[nH]nc2c1[C@H](c1cccc(OCc3ccccn3)c1)SCC(=O)N2. The molecular formula is C19H18N4O2S. The molecule has 7 heteroatoms. The summed E-state index contributed by atoms with van der Waals surface area (Å²) in [7, 11) is 0. The number of ether oxygens (including phenoxy) is 1. The highest BCUT2D eigenvalue weighted by atomic mass is 32.2. The number of pyridine rings is 1. The lowest BCUT2D eigenvalue weighted by Gasteiger charge is -2.16. The van der Waals surface area contributed by atoms with Crippen LogP contribution in [0, 0.1) is 6.92 Å². The number of fused-ring (bicyclic) bond motifs is 1. The van der Waals surface area contributed by atoms with Crippen LogP contribution in [0.5, 0.6) is 5.75 Å². The number of nitrogens with one attached hydrogen (secondary N) is 2. The molecule has 1 amide bonds. The summed E-state index contributed by atoms with van der Waals surface area (Å²) in [6.07, 6.45) is 1.75. The van der Waals surface area contributed by atoms with Gasteiger partial charge in [-0.2, -0.15) is 5.10 Å². The van der Waals surface area contributed by atoms with E-state index >= 15 is 0 Å². The number of hydrogen-bond donors (Lipinski definition) is 2. The second-order valence-corrected chi connectivity index (χ2v) is 7.13. The fourth-order valence-electron chi connectivity index (χ4n) is 2.94. The van der Waals surface area contributed by atoms with Crippen molar-refractivity contribution in [2.75, 3.05) is 11.1 Å². The zero-order valence-electron chi connectivity index (χ0n) is 14.2. The fraction of sp³-hybridized carbons (Fsp3) is 0.211. The largest absolute Gasteiger partial charge is 0.487 e. The Bertz CT molecular complexity index is 926. The van der Waals surface area contributed by atoms with E-state index in [9.17, 15) is 4.79 Å². The molecule has 0 spiro atoms. The topological polar surface area (TPSA) is 79.9 Å². The van der Waals surface area contributed by atoms with Gasteiger partial charge in [0, 0.05) is 17.5 Å². The van der Waals surface area contributed by atoms with E-state index in [0.29, 0.717) is 18.2 Å². The van der Waals surface area contributed by atoms with Gasteiger partial charge in [0.1, 0.15) is 12.4 Å². The Hall–Kier alpha value is -2.80. The summed E-state index contributed by atoms with van der Waals surface area (Å²) in [5.74, 6) is 1.74. The molecular weight excluding hydrogens is 348 g/mol. The van der Waals surface area contributed by atoms with Gasteiger partial charge in [-0.25, -0.2) is 0 Å². The maximum absolute atomic E-state index is 11.9. The van der Waals surface area contributed by atoms with E-state index in [4.69, 9.17) is 4.74 Å². The van der Waals surface area contributed by atoms with Crippen molar-refractivity contribution < 1.29 is 9.53 Å². The number of thioether (sulfide) groups is 1. The molecule has 6 nitrogen and oxygen atoms in total. The number of carbonyl (C=O) groups excluding carboxylic acids is 1. The summed E-state index contributed by atoms with van der Waals surface area (Å²) in [6.45, 7) is 2.39. The molecule has 2 N–H and O–H groups in total. The zero-order chi connectivity index (χ0) is 17.9. The molecule has 1 aliphatic rings. The lowest BCUT2D eigenvalue weighted by atomic mass is 10.0. The van der Waals surface area contributed by atoms with Crippen molar-refractivity contribution in [1.29, 1.82) is 0 Å². The fourth-order valence-corrected chi connectivity index (χ4v) is 4.12. The Kier molecular flexibility index (Phi) is 4.62. The van der Waals surface area contributed by atoms with Gasteiger partial charge in [-0.1, -0.05) is 18.2 Å². The third-order valence-electron chi connectivity index (χ3n) is 4.17. The molecule has 0 unspecified atom stereocenters. The van der Waals surface area contributed by atoms with Gasteiger partial charge in [0.25, 0.3) is 0 Å². The number of carbonyl (C=O) groups is 1. The van der Waals surface area contributed by atoms with E-state index < -0.39 is 0 Å². The number of aromatic amines is 1. The Balaban J connectivity index is 1.60. The predicted octanol–water partition coefficient (Wildman–Crippen LogP) is 3.47. The molecule has 1 atom stereocenters. The molecule has 0 radical (unpaired) electrons. The number of hydrogen-bond acceptors (Lipinski definition) is 5. The van der Waals surface area contributed by atoms with Gasteiger partial charge in [0.15, 0.2) is 5.82 Å². The van der Waals surface area contributed by atoms with Gasteiger partial charge < -0.3 is 10.1 Å². The summed E-state index contributed by atoms with van der Waals surface area (Å²) in [5, 5.41) is 10.1. The van der Waals surface area contributed by atoms with Crippen LogP contribution in [0.1, 0.15) is 27.8 Å². The predicted molar refractivity (Wildman–Crippen MR) is 101 cm³/mol. The molecule has 0 saturated heterocycles. The molecule has 0 saturated carbocycles. The lowest BCUT2D eigenvalue weighted by Crippen LogP contribution is -2.12. The maximum atomic E-state index is 11.9. The van der Waals surface area contributed by atoms with E-state index in [1.54, 1.807) is 18.0 Å². The number of rotatable bonds is 4. The first kappa shape index (κ1) is 16.7. The first-order chi connectivity index (χ1) is 12.7. The van der Waals surface area contributed by atoms with Crippen LogP contribution in [-0.2, 0) is 11.4 Å². The van der Waals surface area contributed by atoms with Gasteiger partial charge in [0.05, 0.1) is 16.7 Å². The summed E-state index contributed by atoms with van der Waals surface area (Å²) in [5.41, 5.74) is 3.93. The summed E-state index contributed by atoms with van der Waals surface area (Å²) >= 11 is 1.59. The van der Waals surface area contributed by atoms with Crippen LogP contribution in [0.3, 0.4) is 0 Å². The van der Waals surface area contributed by atoms with Crippen LogP contribution in [0.2, 0.25) is 0 Å². The summed E-state index contributed by atoms with van der Waals surface area (Å²) < 4.78 is 5.90. The van der Waals surface area contributed by atoms with Crippen LogP contribution < -0.4 is 10.1 Å². The van der Waals surface area contributed by atoms with Crippen molar-refractivity contribution in [2.45, 2.75) is 18.8 Å². The van der Waals surface area contributed by atoms with Crippen molar-refractivity contribution in [3.63, 3.8) is 0 Å². The van der Waals surface area contributed by atoms with Gasteiger partial charge in [-0.15, -0.1) is 11.8 Å². The van der Waals surface area contributed by atoms with Gasteiger partial charge in [-0.3, -0.25) is 14.9 Å². The number of nitrogens with zero attached hydrogens (tertiary/aromatic N) is 2. The molecule has 132 valence electrons. The van der Waals surface area contributed by atoms with Gasteiger partial charge in [0.2, 0.25) is 5.91 Å². The second-order valence-electron chi connectivity index (χ2n) is 6.03. The van der Waals surface area contributed by atoms with Crippen LogP contribution in [0.15, 0.2) is 48.7 Å². The first-order valence-corrected chi connectivity index (χ1v) is 9.34. The summed E-state index contributed by atoms with van der Waals surface area (Å²) in [4.78, 5) is 16.2. The zero-order valence-corrected chi connectivity index (χ0v) is 15.0. The molecule has 2 aromatic heterocycles. The second kappa shape index (κ2) is 7.21. The van der Waals surface area contributed by atoms with E-state index in [1.165, 1.54) is 0 Å². The van der Waals surface area contributed by atoms with Crippen molar-refractivity contribution in [3.05, 3.63) is 71.2 Å². The molecule has 3 aromatic rings. The number of aromatic nitrogens is 3. The number of amides is 1. The Morgan fingerprint density at radius 3 is 3.04 bits per heavy atom. The van der Waals surface area contributed by atoms with Crippen LogP contribution >= 0.6 is 11.8 Å². The van der Waals surface area contributed by atoms with Crippen LogP contribution in [0.25, 0.3) is 0 Å². The highest BCUT2D eigenvalue weighted by Crippen LogP contribution is 2.42. The standard InChI is InChI=1S/C19H18N4O2S/c1-12-17-18(26-11-16(24)21-19(17)23-22-12)13-5-4-7-15(9-13)25-10-14-6-2-3-8-20-14/h2-9,18H,10-11H2,1H3,(H2,21,22,23,24)/t18-/m0/s1. The minimum atomic E-state index is -0.0344. The molecule has 0 aliphatic carbocycles.